The second kappa shape index (κ2) is 10.5. The van der Waals surface area contributed by atoms with Crippen LogP contribution >= 0.6 is 11.3 Å². The molecular formula is C26H31FN4O5S. The van der Waals surface area contributed by atoms with Crippen molar-refractivity contribution < 1.29 is 28.6 Å². The van der Waals surface area contributed by atoms with Gasteiger partial charge in [0.15, 0.2) is 0 Å². The van der Waals surface area contributed by atoms with E-state index in [9.17, 15) is 19.1 Å². The highest BCUT2D eigenvalue weighted by Gasteiger charge is 2.31. The predicted molar refractivity (Wildman–Crippen MR) is 139 cm³/mol. The number of ether oxygens (including phenoxy) is 2. The van der Waals surface area contributed by atoms with Crippen LogP contribution in [-0.4, -0.2) is 56.8 Å². The molecule has 1 aromatic carbocycles. The van der Waals surface area contributed by atoms with Crippen molar-refractivity contribution in [3.63, 3.8) is 0 Å². The smallest absolute Gasteiger partial charge is 0.410 e. The summed E-state index contributed by atoms with van der Waals surface area (Å²) in [6.45, 7) is 7.20. The first-order valence-corrected chi connectivity index (χ1v) is 12.9. The number of amides is 1. The van der Waals surface area contributed by atoms with E-state index in [1.54, 1.807) is 24.9 Å². The number of carbonyl (C=O) groups excluding carboxylic acids is 1. The maximum Gasteiger partial charge on any atom is 0.410 e. The van der Waals surface area contributed by atoms with Crippen LogP contribution in [0.4, 0.5) is 20.7 Å². The van der Waals surface area contributed by atoms with Gasteiger partial charge in [0.2, 0.25) is 0 Å². The lowest BCUT2D eigenvalue weighted by Gasteiger charge is -2.36. The third-order valence-electron chi connectivity index (χ3n) is 6.24. The number of nitrogens with zero attached hydrogens (tertiary/aromatic N) is 3. The molecule has 1 fully saturated rings. The number of benzene rings is 1. The maximum atomic E-state index is 14.3. The fourth-order valence-corrected chi connectivity index (χ4v) is 5.42. The van der Waals surface area contributed by atoms with E-state index in [2.05, 4.69) is 15.3 Å². The summed E-state index contributed by atoms with van der Waals surface area (Å²) in [5, 5.41) is 13.3. The zero-order valence-electron chi connectivity index (χ0n) is 21.5. The molecule has 0 spiro atoms. The summed E-state index contributed by atoms with van der Waals surface area (Å²) >= 11 is 1.08. The molecule has 1 aliphatic carbocycles. The third-order valence-corrected chi connectivity index (χ3v) is 7.43. The van der Waals surface area contributed by atoms with Crippen molar-refractivity contribution in [1.29, 1.82) is 0 Å². The minimum Gasteiger partial charge on any atom is -0.488 e. The number of halogens is 1. The molecular weight excluding hydrogens is 499 g/mol. The van der Waals surface area contributed by atoms with E-state index in [1.165, 1.54) is 18.5 Å². The monoisotopic (exact) mass is 530 g/mol. The van der Waals surface area contributed by atoms with Crippen LogP contribution in [0.25, 0.3) is 10.2 Å². The molecule has 0 radical (unpaired) electrons. The average molecular weight is 531 g/mol. The normalized spacial score (nSPS) is 17.9. The van der Waals surface area contributed by atoms with E-state index >= 15 is 0 Å². The van der Waals surface area contributed by atoms with Crippen LogP contribution in [0.15, 0.2) is 24.5 Å². The number of thiophene rings is 1. The summed E-state index contributed by atoms with van der Waals surface area (Å²) in [6, 6.07) is 4.12. The summed E-state index contributed by atoms with van der Waals surface area (Å²) in [7, 11) is 1.73. The summed E-state index contributed by atoms with van der Waals surface area (Å²) in [4.78, 5) is 35.0. The molecule has 1 amide bonds. The number of aryl methyl sites for hydroxylation is 1. The van der Waals surface area contributed by atoms with Gasteiger partial charge in [0, 0.05) is 25.6 Å². The molecule has 2 unspecified atom stereocenters. The Morgan fingerprint density at radius 2 is 2.00 bits per heavy atom. The van der Waals surface area contributed by atoms with Gasteiger partial charge in [-0.2, -0.15) is 0 Å². The number of anilines is 2. The average Bonchev–Trinajstić information content (AvgIpc) is 3.17. The fraction of sp³-hybridized carbons (Fsp3) is 0.462. The molecule has 198 valence electrons. The number of carboxylic acids is 1. The van der Waals surface area contributed by atoms with Gasteiger partial charge < -0.3 is 24.8 Å². The van der Waals surface area contributed by atoms with Gasteiger partial charge in [-0.05, 0) is 64.7 Å². The van der Waals surface area contributed by atoms with Crippen molar-refractivity contribution in [1.82, 2.24) is 14.9 Å². The Morgan fingerprint density at radius 3 is 2.70 bits per heavy atom. The van der Waals surface area contributed by atoms with Gasteiger partial charge in [0.1, 0.15) is 45.1 Å². The van der Waals surface area contributed by atoms with Crippen molar-refractivity contribution in [2.45, 2.75) is 71.1 Å². The van der Waals surface area contributed by atoms with Gasteiger partial charge in [-0.3, -0.25) is 0 Å². The first-order valence-electron chi connectivity index (χ1n) is 12.1. The maximum absolute atomic E-state index is 14.3. The second-order valence-electron chi connectivity index (χ2n) is 10.2. The molecule has 11 heteroatoms. The number of rotatable bonds is 6. The number of aromatic carboxylic acids is 1. The lowest BCUT2D eigenvalue weighted by atomic mass is 9.92. The molecule has 0 aliphatic heterocycles. The minimum absolute atomic E-state index is 0.0667. The summed E-state index contributed by atoms with van der Waals surface area (Å²) < 4.78 is 26.0. The third kappa shape index (κ3) is 6.10. The SMILES string of the molecule is Cc1c(C(=O)O)sc2ncnc(Nc3ccc(F)cc3OC3CCCC(N(C)C(=O)OC(C)(C)C)C3)c12. The molecule has 9 nitrogen and oxygen atoms in total. The van der Waals surface area contributed by atoms with Crippen LogP contribution in [0, 0.1) is 12.7 Å². The molecule has 1 saturated carbocycles. The van der Waals surface area contributed by atoms with Crippen molar-refractivity contribution in [2.24, 2.45) is 0 Å². The van der Waals surface area contributed by atoms with Crippen molar-refractivity contribution in [3.05, 3.63) is 40.8 Å². The van der Waals surface area contributed by atoms with E-state index < -0.39 is 17.4 Å². The zero-order valence-corrected chi connectivity index (χ0v) is 22.3. The molecule has 0 saturated heterocycles. The number of carboxylic acid groups (broad SMARTS) is 1. The summed E-state index contributed by atoms with van der Waals surface area (Å²) in [5.41, 5.74) is 0.461. The number of nitrogens with one attached hydrogen (secondary N) is 1. The Morgan fingerprint density at radius 1 is 1.24 bits per heavy atom. The van der Waals surface area contributed by atoms with Gasteiger partial charge in [0.25, 0.3) is 0 Å². The number of hydrogen-bond donors (Lipinski definition) is 2. The molecule has 2 N–H and O–H groups in total. The summed E-state index contributed by atoms with van der Waals surface area (Å²) in [6.07, 6.45) is 3.75. The number of carbonyl (C=O) groups is 2. The molecule has 1 aliphatic rings. The summed E-state index contributed by atoms with van der Waals surface area (Å²) in [5.74, 6) is -0.760. The molecule has 2 aromatic heterocycles. The topological polar surface area (TPSA) is 114 Å². The minimum atomic E-state index is -1.03. The Balaban J connectivity index is 1.55. The fourth-order valence-electron chi connectivity index (χ4n) is 4.44. The molecule has 0 bridgehead atoms. The van der Waals surface area contributed by atoms with Gasteiger partial charge in [-0.25, -0.2) is 23.9 Å². The Kier molecular flexibility index (Phi) is 7.54. The second-order valence-corrected chi connectivity index (χ2v) is 11.2. The quantitative estimate of drug-likeness (QED) is 0.391. The lowest BCUT2D eigenvalue weighted by Crippen LogP contribution is -2.44. The predicted octanol–water partition coefficient (Wildman–Crippen LogP) is 6.14. The van der Waals surface area contributed by atoms with Crippen LogP contribution in [-0.2, 0) is 4.74 Å². The van der Waals surface area contributed by atoms with Crippen LogP contribution in [0.2, 0.25) is 0 Å². The standard InChI is InChI=1S/C26H31FN4O5S/c1-14-20-22(28-13-29-23(20)37-21(14)24(32)33)30-18-10-9-15(27)11-19(18)35-17-8-6-7-16(12-17)31(5)25(34)36-26(2,3)4/h9-11,13,16-17H,6-8,12H2,1-5H3,(H,32,33)(H,28,29,30). The first kappa shape index (κ1) is 26.6. The van der Waals surface area contributed by atoms with Crippen molar-refractivity contribution >= 4 is 45.1 Å². The highest BCUT2D eigenvalue weighted by molar-refractivity contribution is 7.20. The number of aromatic nitrogens is 2. The van der Waals surface area contributed by atoms with Crippen LogP contribution in [0.5, 0.6) is 5.75 Å². The Bertz CT molecular complexity index is 1320. The van der Waals surface area contributed by atoms with Crippen LogP contribution < -0.4 is 10.1 Å². The Labute approximate surface area is 218 Å². The molecule has 37 heavy (non-hydrogen) atoms. The number of fused-ring (bicyclic) bond motifs is 1. The van der Waals surface area contributed by atoms with E-state index in [-0.39, 0.29) is 23.1 Å². The van der Waals surface area contributed by atoms with Gasteiger partial charge in [-0.1, -0.05) is 0 Å². The van der Waals surface area contributed by atoms with Gasteiger partial charge in [-0.15, -0.1) is 11.3 Å². The first-order chi connectivity index (χ1) is 17.4. The molecule has 2 heterocycles. The Hall–Kier alpha value is -3.47. The highest BCUT2D eigenvalue weighted by atomic mass is 32.1. The van der Waals surface area contributed by atoms with Crippen LogP contribution in [0.3, 0.4) is 0 Å². The highest BCUT2D eigenvalue weighted by Crippen LogP contribution is 2.37. The van der Waals surface area contributed by atoms with E-state index in [1.807, 2.05) is 20.8 Å². The largest absolute Gasteiger partial charge is 0.488 e. The van der Waals surface area contributed by atoms with Crippen molar-refractivity contribution in [2.75, 3.05) is 12.4 Å². The lowest BCUT2D eigenvalue weighted by molar-refractivity contribution is 0.0117. The van der Waals surface area contributed by atoms with E-state index in [0.717, 1.165) is 30.6 Å². The zero-order chi connectivity index (χ0) is 26.9. The van der Waals surface area contributed by atoms with Crippen LogP contribution in [0.1, 0.15) is 61.7 Å². The van der Waals surface area contributed by atoms with E-state index in [0.29, 0.717) is 39.5 Å². The van der Waals surface area contributed by atoms with Crippen molar-refractivity contribution in [3.8, 4) is 5.75 Å². The van der Waals surface area contributed by atoms with Gasteiger partial charge in [0.05, 0.1) is 11.1 Å². The number of hydrogen-bond acceptors (Lipinski definition) is 8. The molecule has 2 atom stereocenters. The molecule has 4 rings (SSSR count). The molecule has 3 aromatic rings. The van der Waals surface area contributed by atoms with E-state index in [4.69, 9.17) is 9.47 Å². The van der Waals surface area contributed by atoms with Gasteiger partial charge >= 0.3 is 12.1 Å².